The minimum Gasteiger partial charge on any atom is -0.399 e. The number of halogens is 1. The monoisotopic (exact) mass is 294 g/mol. The summed E-state index contributed by atoms with van der Waals surface area (Å²) in [6.45, 7) is 6.65. The number of piperidine rings is 1. The van der Waals surface area contributed by atoms with Crippen molar-refractivity contribution in [2.75, 3.05) is 18.8 Å². The van der Waals surface area contributed by atoms with Gasteiger partial charge in [-0.3, -0.25) is 0 Å². The van der Waals surface area contributed by atoms with E-state index in [1.54, 1.807) is 17.2 Å². The molecule has 2 N–H and O–H groups in total. The van der Waals surface area contributed by atoms with Crippen LogP contribution >= 0.6 is 0 Å². The number of nitrogens with zero attached hydrogens (tertiary/aromatic N) is 1. The molecule has 1 atom stereocenters. The molecule has 1 aliphatic rings. The van der Waals surface area contributed by atoms with Crippen LogP contribution in [0, 0.1) is 11.2 Å². The Hall–Kier alpha value is -1.62. The fraction of sp³-hybridized carbons (Fsp3) is 0.562. The molecule has 21 heavy (non-hydrogen) atoms. The van der Waals surface area contributed by atoms with Gasteiger partial charge in [-0.1, -0.05) is 6.07 Å². The van der Waals surface area contributed by atoms with Gasteiger partial charge in [0.05, 0.1) is 5.41 Å². The van der Waals surface area contributed by atoms with Gasteiger partial charge in [0.25, 0.3) is 0 Å². The van der Waals surface area contributed by atoms with Crippen LogP contribution < -0.4 is 5.73 Å². The highest BCUT2D eigenvalue weighted by Gasteiger charge is 2.30. The molecular weight excluding hydrogens is 271 g/mol. The second kappa shape index (κ2) is 6.02. The lowest BCUT2D eigenvalue weighted by molar-refractivity contribution is -0.205. The number of rotatable bonds is 2. The van der Waals surface area contributed by atoms with Crippen molar-refractivity contribution in [3.63, 3.8) is 0 Å². The highest BCUT2D eigenvalue weighted by molar-refractivity contribution is 5.75. The SMILES string of the molecule is CC(C)(C)C(=O)ON1CCCC(c2ccc(N)cc2F)C1. The van der Waals surface area contributed by atoms with Crippen LogP contribution in [0.4, 0.5) is 10.1 Å². The fourth-order valence-corrected chi connectivity index (χ4v) is 2.41. The van der Waals surface area contributed by atoms with E-state index in [-0.39, 0.29) is 17.7 Å². The number of hydroxylamine groups is 2. The van der Waals surface area contributed by atoms with Crippen LogP contribution in [-0.2, 0) is 9.63 Å². The van der Waals surface area contributed by atoms with Crippen molar-refractivity contribution >= 4 is 11.7 Å². The minimum atomic E-state index is -0.542. The largest absolute Gasteiger partial charge is 0.399 e. The molecule has 0 spiro atoms. The summed E-state index contributed by atoms with van der Waals surface area (Å²) in [5, 5.41) is 1.65. The van der Waals surface area contributed by atoms with E-state index in [9.17, 15) is 9.18 Å². The van der Waals surface area contributed by atoms with Crippen LogP contribution in [0.2, 0.25) is 0 Å². The summed E-state index contributed by atoms with van der Waals surface area (Å²) >= 11 is 0. The Labute approximate surface area is 125 Å². The lowest BCUT2D eigenvalue weighted by Crippen LogP contribution is -2.39. The van der Waals surface area contributed by atoms with Gasteiger partial charge in [-0.2, -0.15) is 0 Å². The quantitative estimate of drug-likeness (QED) is 0.852. The third-order valence-electron chi connectivity index (χ3n) is 3.67. The Bertz CT molecular complexity index is 525. The average Bonchev–Trinajstić information content (AvgIpc) is 2.37. The van der Waals surface area contributed by atoms with Crippen LogP contribution in [0.25, 0.3) is 0 Å². The number of hydrogen-bond donors (Lipinski definition) is 1. The van der Waals surface area contributed by atoms with Gasteiger partial charge < -0.3 is 10.6 Å². The Morgan fingerprint density at radius 3 is 2.76 bits per heavy atom. The Balaban J connectivity index is 2.05. The highest BCUT2D eigenvalue weighted by Crippen LogP contribution is 2.30. The number of nitrogen functional groups attached to an aromatic ring is 1. The lowest BCUT2D eigenvalue weighted by atomic mass is 9.91. The van der Waals surface area contributed by atoms with Crippen LogP contribution in [0.15, 0.2) is 18.2 Å². The summed E-state index contributed by atoms with van der Waals surface area (Å²) < 4.78 is 14.0. The first-order valence-electron chi connectivity index (χ1n) is 7.29. The molecule has 1 unspecified atom stereocenters. The van der Waals surface area contributed by atoms with E-state index in [2.05, 4.69) is 0 Å². The number of anilines is 1. The third kappa shape index (κ3) is 3.94. The summed E-state index contributed by atoms with van der Waals surface area (Å²) in [5.41, 5.74) is 6.10. The summed E-state index contributed by atoms with van der Waals surface area (Å²) in [6.07, 6.45) is 1.75. The number of nitrogens with two attached hydrogens (primary N) is 1. The van der Waals surface area contributed by atoms with E-state index in [4.69, 9.17) is 10.6 Å². The van der Waals surface area contributed by atoms with E-state index >= 15 is 0 Å². The number of carbonyl (C=O) groups is 1. The Morgan fingerprint density at radius 2 is 2.14 bits per heavy atom. The van der Waals surface area contributed by atoms with Crippen LogP contribution in [0.1, 0.15) is 45.1 Å². The maximum Gasteiger partial charge on any atom is 0.330 e. The smallest absolute Gasteiger partial charge is 0.330 e. The normalized spacial score (nSPS) is 20.3. The molecule has 5 heteroatoms. The van der Waals surface area contributed by atoms with Crippen LogP contribution in [0.3, 0.4) is 0 Å². The van der Waals surface area contributed by atoms with Gasteiger partial charge in [0, 0.05) is 24.7 Å². The zero-order valence-corrected chi connectivity index (χ0v) is 12.9. The molecule has 0 aromatic heterocycles. The number of hydrogen-bond acceptors (Lipinski definition) is 4. The van der Waals surface area contributed by atoms with Gasteiger partial charge in [-0.25, -0.2) is 9.18 Å². The fourth-order valence-electron chi connectivity index (χ4n) is 2.41. The molecule has 1 aliphatic heterocycles. The molecule has 2 rings (SSSR count). The molecule has 4 nitrogen and oxygen atoms in total. The second-order valence-corrected chi connectivity index (χ2v) is 6.64. The van der Waals surface area contributed by atoms with Crippen molar-refractivity contribution in [1.29, 1.82) is 0 Å². The van der Waals surface area contributed by atoms with Crippen molar-refractivity contribution in [2.24, 2.45) is 5.41 Å². The Morgan fingerprint density at radius 1 is 1.43 bits per heavy atom. The summed E-state index contributed by atoms with van der Waals surface area (Å²) in [6, 6.07) is 4.78. The van der Waals surface area contributed by atoms with Gasteiger partial charge >= 0.3 is 5.97 Å². The molecule has 1 fully saturated rings. The summed E-state index contributed by atoms with van der Waals surface area (Å²) in [4.78, 5) is 17.4. The Kier molecular flexibility index (Phi) is 4.52. The summed E-state index contributed by atoms with van der Waals surface area (Å²) in [7, 11) is 0. The predicted octanol–water partition coefficient (Wildman–Crippen LogP) is 3.09. The number of carbonyl (C=O) groups excluding carboxylic acids is 1. The molecule has 116 valence electrons. The van der Waals surface area contributed by atoms with Crippen molar-refractivity contribution in [3.8, 4) is 0 Å². The van der Waals surface area contributed by atoms with Crippen molar-refractivity contribution in [2.45, 2.75) is 39.5 Å². The zero-order chi connectivity index (χ0) is 15.6. The zero-order valence-electron chi connectivity index (χ0n) is 12.9. The first-order chi connectivity index (χ1) is 9.77. The molecule has 0 radical (unpaired) electrons. The van der Waals surface area contributed by atoms with E-state index < -0.39 is 5.41 Å². The molecule has 0 aliphatic carbocycles. The molecule has 1 aromatic rings. The van der Waals surface area contributed by atoms with E-state index in [1.165, 1.54) is 6.07 Å². The lowest BCUT2D eigenvalue weighted by Gasteiger charge is -2.33. The molecule has 0 saturated carbocycles. The molecule has 1 saturated heterocycles. The number of benzene rings is 1. The van der Waals surface area contributed by atoms with E-state index in [1.807, 2.05) is 20.8 Å². The van der Waals surface area contributed by atoms with Crippen LogP contribution in [-0.4, -0.2) is 24.1 Å². The van der Waals surface area contributed by atoms with Crippen molar-refractivity contribution in [1.82, 2.24) is 5.06 Å². The first kappa shape index (κ1) is 15.8. The average molecular weight is 294 g/mol. The van der Waals surface area contributed by atoms with Crippen LogP contribution in [0.5, 0.6) is 0 Å². The molecule has 1 aromatic carbocycles. The third-order valence-corrected chi connectivity index (χ3v) is 3.67. The van der Waals surface area contributed by atoms with Gasteiger partial charge in [0.1, 0.15) is 5.82 Å². The maximum atomic E-state index is 14.0. The van der Waals surface area contributed by atoms with Gasteiger partial charge in [0.15, 0.2) is 0 Å². The molecule has 0 bridgehead atoms. The topological polar surface area (TPSA) is 55.6 Å². The maximum absolute atomic E-state index is 14.0. The standard InChI is InChI=1S/C16H23FN2O2/c1-16(2,3)15(20)21-19-8-4-5-11(10-19)13-7-6-12(18)9-14(13)17/h6-7,9,11H,4-5,8,10,18H2,1-3H3. The highest BCUT2D eigenvalue weighted by atomic mass is 19.1. The van der Waals surface area contributed by atoms with E-state index in [0.29, 0.717) is 24.3 Å². The minimum absolute atomic E-state index is 0.0205. The van der Waals surface area contributed by atoms with Gasteiger partial charge in [0.2, 0.25) is 0 Å². The van der Waals surface area contributed by atoms with Crippen molar-refractivity contribution < 1.29 is 14.0 Å². The molecule has 0 amide bonds. The molecular formula is C16H23FN2O2. The van der Waals surface area contributed by atoms with Gasteiger partial charge in [-0.15, -0.1) is 5.06 Å². The van der Waals surface area contributed by atoms with Crippen molar-refractivity contribution in [3.05, 3.63) is 29.6 Å². The second-order valence-electron chi connectivity index (χ2n) is 6.64. The van der Waals surface area contributed by atoms with E-state index in [0.717, 1.165) is 12.8 Å². The first-order valence-corrected chi connectivity index (χ1v) is 7.29. The molecule has 1 heterocycles. The summed E-state index contributed by atoms with van der Waals surface area (Å²) in [5.74, 6) is -0.531. The predicted molar refractivity (Wildman–Crippen MR) is 79.9 cm³/mol. The van der Waals surface area contributed by atoms with Gasteiger partial charge in [-0.05, 0) is 51.3 Å².